The van der Waals surface area contributed by atoms with Crippen LogP contribution in [-0.4, -0.2) is 5.60 Å². The molecule has 2 nitrogen and oxygen atoms in total. The maximum absolute atomic E-state index is 6.23. The monoisotopic (exact) mass is 283 g/mol. The molecule has 0 aliphatic carbocycles. The molecule has 1 atom stereocenters. The number of nitrogens with two attached hydrogens (primary N) is 1. The van der Waals surface area contributed by atoms with Crippen molar-refractivity contribution < 1.29 is 4.74 Å². The van der Waals surface area contributed by atoms with Gasteiger partial charge in [0.05, 0.1) is 0 Å². The van der Waals surface area contributed by atoms with Crippen LogP contribution >= 0.6 is 15.9 Å². The van der Waals surface area contributed by atoms with E-state index in [9.17, 15) is 0 Å². The van der Waals surface area contributed by atoms with Crippen molar-refractivity contribution in [2.75, 3.05) is 0 Å². The third kappa shape index (κ3) is 1.98. The lowest BCUT2D eigenvalue weighted by atomic mass is 9.84. The fourth-order valence-electron chi connectivity index (χ4n) is 2.37. The zero-order chi connectivity index (χ0) is 11.8. The molecule has 0 bridgehead atoms. The summed E-state index contributed by atoms with van der Waals surface area (Å²) in [5.41, 5.74) is 7.28. The second kappa shape index (κ2) is 4.38. The molecule has 2 N–H and O–H groups in total. The molecule has 1 aliphatic rings. The largest absolute Gasteiger partial charge is 0.487 e. The molecular formula is C13H18BrNO. The van der Waals surface area contributed by atoms with Gasteiger partial charge in [0.1, 0.15) is 11.4 Å². The van der Waals surface area contributed by atoms with Crippen molar-refractivity contribution in [3.63, 3.8) is 0 Å². The molecule has 0 spiro atoms. The minimum Gasteiger partial charge on any atom is -0.487 e. The summed E-state index contributed by atoms with van der Waals surface area (Å²) >= 11 is 3.47. The normalized spacial score (nSPS) is 22.4. The van der Waals surface area contributed by atoms with Gasteiger partial charge in [-0.15, -0.1) is 0 Å². The van der Waals surface area contributed by atoms with Crippen LogP contribution in [0.1, 0.15) is 44.7 Å². The Morgan fingerprint density at radius 2 is 2.12 bits per heavy atom. The highest BCUT2D eigenvalue weighted by molar-refractivity contribution is 9.10. The summed E-state index contributed by atoms with van der Waals surface area (Å²) < 4.78 is 7.20. The van der Waals surface area contributed by atoms with Crippen molar-refractivity contribution in [2.24, 2.45) is 5.73 Å². The Morgan fingerprint density at radius 1 is 1.44 bits per heavy atom. The highest BCUT2D eigenvalue weighted by Crippen LogP contribution is 2.42. The first-order valence-corrected chi connectivity index (χ1v) is 6.63. The second-order valence-electron chi connectivity index (χ2n) is 4.48. The molecule has 1 aromatic carbocycles. The van der Waals surface area contributed by atoms with Crippen LogP contribution in [0.15, 0.2) is 22.7 Å². The molecule has 0 aromatic heterocycles. The van der Waals surface area contributed by atoms with Crippen LogP contribution < -0.4 is 10.5 Å². The zero-order valence-corrected chi connectivity index (χ0v) is 11.4. The van der Waals surface area contributed by atoms with Crippen LogP contribution in [0.5, 0.6) is 5.75 Å². The lowest BCUT2D eigenvalue weighted by molar-refractivity contribution is 0.0282. The third-order valence-corrected chi connectivity index (χ3v) is 4.08. The van der Waals surface area contributed by atoms with Crippen molar-refractivity contribution in [2.45, 2.75) is 44.8 Å². The molecule has 0 amide bonds. The Labute approximate surface area is 105 Å². The highest BCUT2D eigenvalue weighted by Gasteiger charge is 2.36. The summed E-state index contributed by atoms with van der Waals surface area (Å²) in [6, 6.07) is 6.19. The Hall–Kier alpha value is -0.540. The second-order valence-corrected chi connectivity index (χ2v) is 5.40. The lowest BCUT2D eigenvalue weighted by Crippen LogP contribution is -2.41. The minimum atomic E-state index is -0.0762. The molecule has 3 heteroatoms. The van der Waals surface area contributed by atoms with E-state index in [-0.39, 0.29) is 11.6 Å². The topological polar surface area (TPSA) is 35.2 Å². The van der Waals surface area contributed by atoms with E-state index in [1.165, 1.54) is 0 Å². The summed E-state index contributed by atoms with van der Waals surface area (Å²) in [5, 5.41) is 0. The number of halogens is 1. The first kappa shape index (κ1) is 11.9. The van der Waals surface area contributed by atoms with Gasteiger partial charge in [-0.25, -0.2) is 0 Å². The van der Waals surface area contributed by atoms with E-state index >= 15 is 0 Å². The predicted octanol–water partition coefficient (Wildman–Crippen LogP) is 3.79. The zero-order valence-electron chi connectivity index (χ0n) is 9.79. The number of rotatable bonds is 2. The number of hydrogen-bond acceptors (Lipinski definition) is 2. The number of hydrogen-bond donors (Lipinski definition) is 1. The molecule has 16 heavy (non-hydrogen) atoms. The fourth-order valence-corrected chi connectivity index (χ4v) is 2.71. The molecule has 1 unspecified atom stereocenters. The highest BCUT2D eigenvalue weighted by atomic mass is 79.9. The van der Waals surface area contributed by atoms with E-state index in [2.05, 4.69) is 35.8 Å². The van der Waals surface area contributed by atoms with Crippen molar-refractivity contribution in [1.29, 1.82) is 0 Å². The lowest BCUT2D eigenvalue weighted by Gasteiger charge is -2.40. The average molecular weight is 284 g/mol. The van der Waals surface area contributed by atoms with Crippen LogP contribution in [0.25, 0.3) is 0 Å². The van der Waals surface area contributed by atoms with Crippen molar-refractivity contribution in [3.05, 3.63) is 28.2 Å². The summed E-state index contributed by atoms with van der Waals surface area (Å²) in [4.78, 5) is 0. The Bertz CT molecular complexity index is 388. The van der Waals surface area contributed by atoms with Crippen molar-refractivity contribution >= 4 is 15.9 Å². The molecule has 0 saturated heterocycles. The summed E-state index contributed by atoms with van der Waals surface area (Å²) in [7, 11) is 0. The molecule has 0 radical (unpaired) electrons. The van der Waals surface area contributed by atoms with Crippen LogP contribution in [0, 0.1) is 0 Å². The van der Waals surface area contributed by atoms with Gasteiger partial charge in [0.2, 0.25) is 0 Å². The summed E-state index contributed by atoms with van der Waals surface area (Å²) in [6.07, 6.45) is 2.92. The first-order valence-electron chi connectivity index (χ1n) is 5.84. The van der Waals surface area contributed by atoms with E-state index in [1.807, 2.05) is 12.1 Å². The van der Waals surface area contributed by atoms with Crippen LogP contribution in [0.3, 0.4) is 0 Å². The number of ether oxygens (including phenoxy) is 1. The molecule has 1 aromatic rings. The van der Waals surface area contributed by atoms with Crippen LogP contribution in [-0.2, 0) is 0 Å². The van der Waals surface area contributed by atoms with Gasteiger partial charge in [0.25, 0.3) is 0 Å². The standard InChI is InChI=1S/C13H18BrNO/c1-3-13(4-2)8-11(15)10-6-5-9(14)7-12(10)16-13/h5-7,11H,3-4,8,15H2,1-2H3. The Balaban J connectivity index is 2.41. The van der Waals surface area contributed by atoms with Gasteiger partial charge in [-0.3, -0.25) is 0 Å². The van der Waals surface area contributed by atoms with Gasteiger partial charge in [0.15, 0.2) is 0 Å². The van der Waals surface area contributed by atoms with E-state index in [0.717, 1.165) is 35.0 Å². The number of fused-ring (bicyclic) bond motifs is 1. The SMILES string of the molecule is CCC1(CC)CC(N)c2ccc(Br)cc2O1. The molecule has 0 fully saturated rings. The quantitative estimate of drug-likeness (QED) is 0.896. The van der Waals surface area contributed by atoms with E-state index < -0.39 is 0 Å². The van der Waals surface area contributed by atoms with Crippen LogP contribution in [0.4, 0.5) is 0 Å². The molecule has 2 rings (SSSR count). The Morgan fingerprint density at radius 3 is 2.75 bits per heavy atom. The van der Waals surface area contributed by atoms with Gasteiger partial charge < -0.3 is 10.5 Å². The molecule has 1 aliphatic heterocycles. The van der Waals surface area contributed by atoms with Crippen molar-refractivity contribution in [1.82, 2.24) is 0 Å². The molecule has 88 valence electrons. The maximum atomic E-state index is 6.23. The molecule has 1 heterocycles. The first-order chi connectivity index (χ1) is 7.60. The van der Waals surface area contributed by atoms with Gasteiger partial charge in [-0.1, -0.05) is 35.8 Å². The predicted molar refractivity (Wildman–Crippen MR) is 69.6 cm³/mol. The minimum absolute atomic E-state index is 0.0762. The van der Waals surface area contributed by atoms with Gasteiger partial charge in [-0.05, 0) is 25.0 Å². The maximum Gasteiger partial charge on any atom is 0.126 e. The van der Waals surface area contributed by atoms with Gasteiger partial charge in [-0.2, -0.15) is 0 Å². The van der Waals surface area contributed by atoms with Crippen LogP contribution in [0.2, 0.25) is 0 Å². The average Bonchev–Trinajstić information content (AvgIpc) is 2.28. The van der Waals surface area contributed by atoms with Gasteiger partial charge in [0, 0.05) is 22.5 Å². The van der Waals surface area contributed by atoms with E-state index in [4.69, 9.17) is 10.5 Å². The van der Waals surface area contributed by atoms with Gasteiger partial charge >= 0.3 is 0 Å². The molecule has 0 saturated carbocycles. The number of benzene rings is 1. The van der Waals surface area contributed by atoms with E-state index in [0.29, 0.717) is 0 Å². The Kier molecular flexibility index (Phi) is 3.27. The molecular weight excluding hydrogens is 266 g/mol. The van der Waals surface area contributed by atoms with Crippen molar-refractivity contribution in [3.8, 4) is 5.75 Å². The fraction of sp³-hybridized carbons (Fsp3) is 0.538. The smallest absolute Gasteiger partial charge is 0.126 e. The summed E-state index contributed by atoms with van der Waals surface area (Å²) in [5.74, 6) is 0.942. The summed E-state index contributed by atoms with van der Waals surface area (Å²) in [6.45, 7) is 4.33. The third-order valence-electron chi connectivity index (χ3n) is 3.58. The van der Waals surface area contributed by atoms with E-state index in [1.54, 1.807) is 0 Å².